The highest BCUT2D eigenvalue weighted by atomic mass is 32.2. The fourth-order valence-corrected chi connectivity index (χ4v) is 7.86. The lowest BCUT2D eigenvalue weighted by Gasteiger charge is -2.38. The van der Waals surface area contributed by atoms with Crippen LogP contribution in [0, 0.1) is 11.7 Å². The molecule has 9 nitrogen and oxygen atoms in total. The van der Waals surface area contributed by atoms with E-state index in [0.29, 0.717) is 44.9 Å². The minimum atomic E-state index is -1.68. The molecular weight excluding hydrogens is 607 g/mol. The number of amides is 2. The third-order valence-electron chi connectivity index (χ3n) is 7.92. The lowest BCUT2D eigenvalue weighted by Crippen LogP contribution is -2.47. The van der Waals surface area contributed by atoms with Crippen molar-refractivity contribution >= 4 is 42.7 Å². The molecule has 0 bridgehead atoms. The van der Waals surface area contributed by atoms with Crippen LogP contribution in [0.3, 0.4) is 0 Å². The van der Waals surface area contributed by atoms with Crippen LogP contribution in [0.4, 0.5) is 19.3 Å². The van der Waals surface area contributed by atoms with Crippen LogP contribution in [0.1, 0.15) is 39.7 Å². The van der Waals surface area contributed by atoms with Gasteiger partial charge in [-0.1, -0.05) is 37.5 Å². The summed E-state index contributed by atoms with van der Waals surface area (Å²) >= 11 is 1.26. The highest BCUT2D eigenvalue weighted by molar-refractivity contribution is 8.15. The first-order chi connectivity index (χ1) is 20.5. The maximum atomic E-state index is 15.5. The zero-order valence-corrected chi connectivity index (χ0v) is 28.7. The summed E-state index contributed by atoms with van der Waals surface area (Å²) in [5.41, 5.74) is 4.31. The third kappa shape index (κ3) is 7.83. The van der Waals surface area contributed by atoms with Gasteiger partial charge >= 0.3 is 6.09 Å². The van der Waals surface area contributed by atoms with E-state index in [1.807, 2.05) is 6.08 Å². The van der Waals surface area contributed by atoms with Crippen LogP contribution >= 0.6 is 11.8 Å². The van der Waals surface area contributed by atoms with E-state index in [2.05, 4.69) is 19.6 Å². The number of carbonyl (C=O) groups excluding carboxylic acids is 2. The standard InChI is InChI=1S/C31H46F2N4O5SSi/c1-21(26(38)36-10-12-40-13-11-36)17-30-18-25(30)31(19-32,23-16-22(34)8-9-24(23)33)35-27(43-30)37(28(39)42-29(2,3)4)20-41-14-15-44(5,6)7/h8-9,16-17,25H,10-15,18-20,34H2,1-7H3/b21-17+/t25-,30+,31-/m1/s1. The summed E-state index contributed by atoms with van der Waals surface area (Å²) in [6.45, 7) is 14.7. The van der Waals surface area contributed by atoms with E-state index in [-0.39, 0.29) is 29.1 Å². The number of thioether (sulfide) groups is 1. The molecule has 2 aliphatic heterocycles. The number of ether oxygens (including phenoxy) is 3. The SMILES string of the molecule is C/C(=C\[C@]12C[C@H]1[C@@](CF)(c1cc(N)ccc1F)N=C(N(COCC[Si](C)(C)C)C(=O)OC(C)(C)C)S2)C(=O)N1CCOCC1. The normalized spacial score (nSPS) is 25.7. The maximum absolute atomic E-state index is 15.5. The Morgan fingerprint density at radius 1 is 1.27 bits per heavy atom. The van der Waals surface area contributed by atoms with Gasteiger partial charge in [0.25, 0.3) is 0 Å². The van der Waals surface area contributed by atoms with Gasteiger partial charge in [0.15, 0.2) is 5.17 Å². The van der Waals surface area contributed by atoms with Gasteiger partial charge in [0.1, 0.15) is 30.4 Å². The second-order valence-electron chi connectivity index (χ2n) is 14.0. The first-order valence-electron chi connectivity index (χ1n) is 15.1. The highest BCUT2D eigenvalue weighted by Gasteiger charge is 2.68. The first kappa shape index (κ1) is 34.4. The Morgan fingerprint density at radius 3 is 2.57 bits per heavy atom. The van der Waals surface area contributed by atoms with Gasteiger partial charge in [0.2, 0.25) is 5.91 Å². The largest absolute Gasteiger partial charge is 0.443 e. The highest BCUT2D eigenvalue weighted by Crippen LogP contribution is 2.68. The summed E-state index contributed by atoms with van der Waals surface area (Å²) in [5.74, 6) is -1.28. The van der Waals surface area contributed by atoms with Gasteiger partial charge in [0, 0.05) is 55.3 Å². The van der Waals surface area contributed by atoms with Gasteiger partial charge in [-0.05, 0) is 58.4 Å². The van der Waals surface area contributed by atoms with E-state index in [1.54, 1.807) is 32.6 Å². The van der Waals surface area contributed by atoms with Crippen LogP contribution in [0.15, 0.2) is 34.8 Å². The molecule has 3 atom stereocenters. The molecule has 1 aliphatic carbocycles. The molecule has 0 unspecified atom stereocenters. The van der Waals surface area contributed by atoms with Crippen LogP contribution in [-0.4, -0.2) is 91.7 Å². The van der Waals surface area contributed by atoms with Gasteiger partial charge in [0.05, 0.1) is 13.2 Å². The molecule has 1 saturated heterocycles. The van der Waals surface area contributed by atoms with E-state index >= 15 is 8.78 Å². The number of hydrogen-bond acceptors (Lipinski definition) is 8. The van der Waals surface area contributed by atoms with Crippen LogP contribution in [-0.2, 0) is 24.5 Å². The molecule has 0 spiro atoms. The Kier molecular flexibility index (Phi) is 10.2. The summed E-state index contributed by atoms with van der Waals surface area (Å²) in [6, 6.07) is 4.90. The predicted octanol–water partition coefficient (Wildman–Crippen LogP) is 5.79. The molecule has 4 rings (SSSR count). The van der Waals surface area contributed by atoms with Crippen LogP contribution in [0.5, 0.6) is 0 Å². The Bertz CT molecular complexity index is 1310. The van der Waals surface area contributed by atoms with Crippen molar-refractivity contribution in [3.05, 3.63) is 41.2 Å². The number of hydrogen-bond donors (Lipinski definition) is 1. The smallest absolute Gasteiger partial charge is 0.418 e. The van der Waals surface area contributed by atoms with Gasteiger partial charge < -0.3 is 24.8 Å². The van der Waals surface area contributed by atoms with Crippen molar-refractivity contribution in [2.75, 3.05) is 52.0 Å². The number of benzene rings is 1. The second-order valence-corrected chi connectivity index (χ2v) is 20.9. The molecule has 2 amide bonds. The molecule has 1 aromatic carbocycles. The minimum Gasteiger partial charge on any atom is -0.443 e. The van der Waals surface area contributed by atoms with E-state index < -0.39 is 48.5 Å². The number of anilines is 1. The summed E-state index contributed by atoms with van der Waals surface area (Å²) in [4.78, 5) is 34.8. The predicted molar refractivity (Wildman–Crippen MR) is 173 cm³/mol. The Hall–Kier alpha value is -2.48. The minimum absolute atomic E-state index is 0.0130. The molecule has 2 N–H and O–H groups in total. The monoisotopic (exact) mass is 652 g/mol. The zero-order chi connectivity index (χ0) is 32.5. The van der Waals surface area contributed by atoms with Crippen LogP contribution in [0.25, 0.3) is 0 Å². The third-order valence-corrected chi connectivity index (χ3v) is 11.1. The summed E-state index contributed by atoms with van der Waals surface area (Å²) in [7, 11) is -1.43. The molecule has 2 heterocycles. The topological polar surface area (TPSA) is 107 Å². The van der Waals surface area contributed by atoms with E-state index in [4.69, 9.17) is 24.9 Å². The van der Waals surface area contributed by atoms with E-state index in [0.717, 1.165) is 6.04 Å². The fourth-order valence-electron chi connectivity index (χ4n) is 5.49. The molecule has 0 radical (unpaired) electrons. The van der Waals surface area contributed by atoms with Gasteiger partial charge in [-0.25, -0.2) is 23.5 Å². The van der Waals surface area contributed by atoms with Gasteiger partial charge in [-0.2, -0.15) is 0 Å². The summed E-state index contributed by atoms with van der Waals surface area (Å²) in [6.07, 6.45) is 1.54. The molecular formula is C31H46F2N4O5SSi. The zero-order valence-electron chi connectivity index (χ0n) is 26.9. The molecule has 0 aromatic heterocycles. The number of rotatable bonds is 9. The number of halogens is 2. The lowest BCUT2D eigenvalue weighted by molar-refractivity contribution is -0.131. The maximum Gasteiger partial charge on any atom is 0.418 e. The number of alkyl halides is 1. The summed E-state index contributed by atoms with van der Waals surface area (Å²) in [5, 5.41) is 0.142. The number of morpholine rings is 1. The molecule has 44 heavy (non-hydrogen) atoms. The number of fused-ring (bicyclic) bond motifs is 1. The van der Waals surface area contributed by atoms with Crippen molar-refractivity contribution in [3.63, 3.8) is 0 Å². The lowest BCUT2D eigenvalue weighted by atomic mass is 9.84. The Morgan fingerprint density at radius 2 is 1.95 bits per heavy atom. The molecule has 1 saturated carbocycles. The van der Waals surface area contributed by atoms with Gasteiger partial charge in [-0.15, -0.1) is 0 Å². The van der Waals surface area contributed by atoms with Crippen molar-refractivity contribution in [1.82, 2.24) is 9.80 Å². The summed E-state index contributed by atoms with van der Waals surface area (Å²) < 4.78 is 47.3. The molecule has 13 heteroatoms. The molecule has 2 fully saturated rings. The number of amidine groups is 1. The van der Waals surface area contributed by atoms with E-state index in [9.17, 15) is 9.59 Å². The first-order valence-corrected chi connectivity index (χ1v) is 19.6. The average Bonchev–Trinajstić information content (AvgIpc) is 3.66. The fraction of sp³-hybridized carbons (Fsp3) is 0.645. The van der Waals surface area contributed by atoms with E-state index in [1.165, 1.54) is 34.9 Å². The van der Waals surface area contributed by atoms with Crippen molar-refractivity contribution in [1.29, 1.82) is 0 Å². The number of nitrogens with two attached hydrogens (primary N) is 1. The molecule has 3 aliphatic rings. The van der Waals surface area contributed by atoms with Crippen molar-refractivity contribution in [3.8, 4) is 0 Å². The van der Waals surface area contributed by atoms with Crippen molar-refractivity contribution < 1.29 is 32.6 Å². The van der Waals surface area contributed by atoms with Crippen molar-refractivity contribution in [2.24, 2.45) is 10.9 Å². The molecule has 244 valence electrons. The number of aliphatic imine (C=N–C) groups is 1. The number of nitrogen functional groups attached to an aromatic ring is 1. The Balaban J connectivity index is 1.78. The molecule has 1 aromatic rings. The quantitative estimate of drug-likeness (QED) is 0.118. The average molecular weight is 653 g/mol. The number of nitrogens with zero attached hydrogens (tertiary/aromatic N) is 3. The van der Waals surface area contributed by atoms with Crippen LogP contribution < -0.4 is 5.73 Å². The van der Waals surface area contributed by atoms with Gasteiger partial charge in [-0.3, -0.25) is 4.79 Å². The van der Waals surface area contributed by atoms with Crippen molar-refractivity contribution in [2.45, 2.75) is 75.7 Å². The number of carbonyl (C=O) groups is 2. The Labute approximate surface area is 264 Å². The van der Waals surface area contributed by atoms with Crippen LogP contribution in [0.2, 0.25) is 25.7 Å². The second kappa shape index (κ2) is 13.1.